The van der Waals surface area contributed by atoms with Crippen molar-refractivity contribution in [1.29, 1.82) is 0 Å². The Bertz CT molecular complexity index is 1160. The summed E-state index contributed by atoms with van der Waals surface area (Å²) in [6.07, 6.45) is 1.58. The zero-order valence-corrected chi connectivity index (χ0v) is 15.2. The number of rotatable bonds is 4. The number of benzene rings is 2. The van der Waals surface area contributed by atoms with E-state index in [0.717, 1.165) is 11.3 Å². The molecule has 2 aromatic carbocycles. The number of aryl methyl sites for hydroxylation is 1. The van der Waals surface area contributed by atoms with E-state index in [1.165, 1.54) is 16.8 Å². The van der Waals surface area contributed by atoms with Crippen LogP contribution in [0, 0.1) is 12.7 Å². The Hall–Kier alpha value is -3.59. The molecule has 140 valence electrons. The van der Waals surface area contributed by atoms with Crippen LogP contribution in [0.25, 0.3) is 17.2 Å². The van der Waals surface area contributed by atoms with Crippen molar-refractivity contribution in [3.63, 3.8) is 0 Å². The van der Waals surface area contributed by atoms with Crippen molar-refractivity contribution >= 4 is 23.2 Å². The maximum absolute atomic E-state index is 13.9. The van der Waals surface area contributed by atoms with Gasteiger partial charge in [-0.05, 0) is 48.9 Å². The molecule has 0 atom stereocenters. The second-order valence-electron chi connectivity index (χ2n) is 5.89. The highest BCUT2D eigenvalue weighted by Gasteiger charge is 2.19. The summed E-state index contributed by atoms with van der Waals surface area (Å²) in [4.78, 5) is 16.2. The van der Waals surface area contributed by atoms with Gasteiger partial charge in [0.2, 0.25) is 5.82 Å². The van der Waals surface area contributed by atoms with Gasteiger partial charge < -0.3 is 9.84 Å². The van der Waals surface area contributed by atoms with Crippen LogP contribution >= 0.6 is 11.6 Å². The maximum Gasteiger partial charge on any atom is 0.316 e. The fourth-order valence-electron chi connectivity index (χ4n) is 2.40. The number of anilines is 1. The molecule has 0 saturated carbocycles. The average Bonchev–Trinajstić information content (AvgIpc) is 3.34. The minimum absolute atomic E-state index is 0.0176. The first-order chi connectivity index (χ1) is 13.5. The number of aromatic nitrogens is 5. The largest absolute Gasteiger partial charge is 0.328 e. The molecule has 2 aromatic heterocycles. The highest BCUT2D eigenvalue weighted by molar-refractivity contribution is 6.30. The molecule has 4 aromatic rings. The van der Waals surface area contributed by atoms with Crippen molar-refractivity contribution in [1.82, 2.24) is 25.1 Å². The molecule has 1 N–H and O–H groups in total. The average molecular weight is 399 g/mol. The summed E-state index contributed by atoms with van der Waals surface area (Å²) in [6.45, 7) is 1.75. The topological polar surface area (TPSA) is 98.7 Å². The fourth-order valence-corrected chi connectivity index (χ4v) is 2.53. The number of halogens is 2. The van der Waals surface area contributed by atoms with Gasteiger partial charge in [0.25, 0.3) is 0 Å². The molecule has 0 fully saturated rings. The zero-order valence-electron chi connectivity index (χ0n) is 14.4. The first kappa shape index (κ1) is 17.8. The number of carbonyl (C=O) groups is 1. The van der Waals surface area contributed by atoms with Crippen molar-refractivity contribution in [2.24, 2.45) is 0 Å². The maximum atomic E-state index is 13.9. The Kier molecular flexibility index (Phi) is 4.58. The molecule has 0 aliphatic heterocycles. The second kappa shape index (κ2) is 7.20. The Morgan fingerprint density at radius 2 is 2.00 bits per heavy atom. The van der Waals surface area contributed by atoms with E-state index in [-0.39, 0.29) is 17.4 Å². The molecular weight excluding hydrogens is 387 g/mol. The third kappa shape index (κ3) is 3.60. The van der Waals surface area contributed by atoms with Gasteiger partial charge in [0.05, 0.1) is 17.6 Å². The summed E-state index contributed by atoms with van der Waals surface area (Å²) in [5.41, 5.74) is 1.79. The Labute approximate surface area is 162 Å². The lowest BCUT2D eigenvalue weighted by Crippen LogP contribution is -2.13. The predicted octanol–water partition coefficient (Wildman–Crippen LogP) is 3.67. The van der Waals surface area contributed by atoms with Crippen LogP contribution in [0.2, 0.25) is 5.02 Å². The van der Waals surface area contributed by atoms with Gasteiger partial charge in [-0.25, -0.2) is 9.07 Å². The lowest BCUT2D eigenvalue weighted by molar-refractivity contribution is 0.0981. The van der Waals surface area contributed by atoms with Gasteiger partial charge in [0.15, 0.2) is 5.69 Å². The molecule has 28 heavy (non-hydrogen) atoms. The van der Waals surface area contributed by atoms with Crippen LogP contribution in [0.15, 0.2) is 53.2 Å². The molecule has 0 aliphatic carbocycles. The summed E-state index contributed by atoms with van der Waals surface area (Å²) in [7, 11) is 0. The van der Waals surface area contributed by atoms with Crippen LogP contribution in [-0.4, -0.2) is 31.0 Å². The lowest BCUT2D eigenvalue weighted by atomic mass is 10.2. The third-order valence-corrected chi connectivity index (χ3v) is 4.06. The quantitative estimate of drug-likeness (QED) is 0.563. The minimum Gasteiger partial charge on any atom is -0.328 e. The van der Waals surface area contributed by atoms with Gasteiger partial charge in [0, 0.05) is 5.02 Å². The normalized spacial score (nSPS) is 10.8. The summed E-state index contributed by atoms with van der Waals surface area (Å²) in [5.74, 6) is -1.53. The smallest absolute Gasteiger partial charge is 0.316 e. The number of hydrogen-bond donors (Lipinski definition) is 1. The molecule has 2 heterocycles. The number of carbonyl (C=O) groups excluding carboxylic acids is 1. The van der Waals surface area contributed by atoms with E-state index in [1.54, 1.807) is 43.5 Å². The van der Waals surface area contributed by atoms with Gasteiger partial charge >= 0.3 is 11.8 Å². The predicted molar refractivity (Wildman–Crippen MR) is 98.8 cm³/mol. The molecule has 0 bridgehead atoms. The third-order valence-electron chi connectivity index (χ3n) is 3.81. The zero-order chi connectivity index (χ0) is 19.7. The van der Waals surface area contributed by atoms with Crippen LogP contribution in [0.1, 0.15) is 16.2 Å². The summed E-state index contributed by atoms with van der Waals surface area (Å²) >= 11 is 5.87. The van der Waals surface area contributed by atoms with E-state index in [1.807, 2.05) is 0 Å². The molecule has 0 spiro atoms. The Balaban J connectivity index is 1.53. The van der Waals surface area contributed by atoms with Crippen molar-refractivity contribution < 1.29 is 13.7 Å². The van der Waals surface area contributed by atoms with Crippen LogP contribution in [0.3, 0.4) is 0 Å². The summed E-state index contributed by atoms with van der Waals surface area (Å²) < 4.78 is 20.3. The fraction of sp³-hybridized carbons (Fsp3) is 0.0556. The minimum atomic E-state index is -0.730. The molecule has 0 unspecified atom stereocenters. The highest BCUT2D eigenvalue weighted by atomic mass is 35.5. The summed E-state index contributed by atoms with van der Waals surface area (Å²) in [5, 5.41) is 14.7. The van der Waals surface area contributed by atoms with Crippen LogP contribution in [0.5, 0.6) is 0 Å². The van der Waals surface area contributed by atoms with Crippen molar-refractivity contribution in [3.05, 3.63) is 71.0 Å². The lowest BCUT2D eigenvalue weighted by Gasteiger charge is -2.04. The van der Waals surface area contributed by atoms with Gasteiger partial charge in [0.1, 0.15) is 5.82 Å². The molecule has 0 saturated heterocycles. The number of nitrogens with zero attached hydrogens (tertiary/aromatic N) is 5. The van der Waals surface area contributed by atoms with Crippen molar-refractivity contribution in [3.8, 4) is 17.2 Å². The molecular formula is C18H12ClFN6O2. The van der Waals surface area contributed by atoms with Crippen LogP contribution < -0.4 is 5.32 Å². The molecule has 10 heteroatoms. The van der Waals surface area contributed by atoms with Gasteiger partial charge in [-0.3, -0.25) is 4.79 Å². The van der Waals surface area contributed by atoms with Gasteiger partial charge in [-0.2, -0.15) is 4.98 Å². The molecule has 0 radical (unpaired) electrons. The van der Waals surface area contributed by atoms with Crippen LogP contribution in [0.4, 0.5) is 10.1 Å². The van der Waals surface area contributed by atoms with Crippen molar-refractivity contribution in [2.45, 2.75) is 6.92 Å². The van der Waals surface area contributed by atoms with E-state index in [4.69, 9.17) is 16.1 Å². The first-order valence-corrected chi connectivity index (χ1v) is 8.47. The first-order valence-electron chi connectivity index (χ1n) is 8.09. The van der Waals surface area contributed by atoms with Gasteiger partial charge in [-0.15, -0.1) is 5.10 Å². The van der Waals surface area contributed by atoms with Crippen molar-refractivity contribution in [2.75, 3.05) is 5.32 Å². The monoisotopic (exact) mass is 398 g/mol. The molecule has 0 aliphatic rings. The van der Waals surface area contributed by atoms with E-state index in [0.29, 0.717) is 10.7 Å². The van der Waals surface area contributed by atoms with Gasteiger partial charge in [-0.1, -0.05) is 28.0 Å². The van der Waals surface area contributed by atoms with E-state index >= 15 is 0 Å². The van der Waals surface area contributed by atoms with E-state index in [9.17, 15) is 9.18 Å². The number of hydrogen-bond acceptors (Lipinski definition) is 6. The Morgan fingerprint density at radius 3 is 2.75 bits per heavy atom. The molecule has 1 amide bonds. The highest BCUT2D eigenvalue weighted by Crippen LogP contribution is 2.19. The summed E-state index contributed by atoms with van der Waals surface area (Å²) in [6, 6.07) is 11.4. The SMILES string of the molecule is Cc1ccc(NC(=O)c2nc(-c3cn(-c4ccc(Cl)cc4)nn3)no2)c(F)c1. The molecule has 8 nitrogen and oxygen atoms in total. The van der Waals surface area contributed by atoms with E-state index in [2.05, 4.69) is 25.8 Å². The second-order valence-corrected chi connectivity index (χ2v) is 6.32. The van der Waals surface area contributed by atoms with E-state index < -0.39 is 11.7 Å². The van der Waals surface area contributed by atoms with Crippen LogP contribution in [-0.2, 0) is 0 Å². The number of nitrogens with one attached hydrogen (secondary N) is 1. The Morgan fingerprint density at radius 1 is 1.21 bits per heavy atom. The number of amides is 1. The molecule has 4 rings (SSSR count). The standard InChI is InChI=1S/C18H12ClFN6O2/c1-10-2-7-14(13(20)8-10)21-17(27)18-22-16(24-28-18)15-9-26(25-23-15)12-5-3-11(19)4-6-12/h2-9H,1H3,(H,21,27).